The van der Waals surface area contributed by atoms with Gasteiger partial charge in [0.15, 0.2) is 23.9 Å². The van der Waals surface area contributed by atoms with Crippen LogP contribution in [0.25, 0.3) is 0 Å². The van der Waals surface area contributed by atoms with Crippen LogP contribution in [0.15, 0.2) is 65.1 Å². The number of ether oxygens (including phenoxy) is 3. The molecule has 0 spiro atoms. The van der Waals surface area contributed by atoms with Gasteiger partial charge in [-0.2, -0.15) is 5.10 Å². The second kappa shape index (κ2) is 9.87. The van der Waals surface area contributed by atoms with Crippen molar-refractivity contribution < 1.29 is 23.8 Å². The molecule has 170 valence electrons. The van der Waals surface area contributed by atoms with Gasteiger partial charge in [-0.05, 0) is 60.3 Å². The van der Waals surface area contributed by atoms with Crippen molar-refractivity contribution in [3.63, 3.8) is 0 Å². The molecule has 7 nitrogen and oxygen atoms in total. The van der Waals surface area contributed by atoms with E-state index >= 15 is 0 Å². The number of rotatable bonds is 8. The lowest BCUT2D eigenvalue weighted by Gasteiger charge is -2.23. The Labute approximate surface area is 196 Å². The molecular formula is C25H24N2O5S. The first-order valence-electron chi connectivity index (χ1n) is 10.4. The zero-order chi connectivity index (χ0) is 23.4. The van der Waals surface area contributed by atoms with Crippen LogP contribution in [-0.4, -0.2) is 43.2 Å². The molecule has 0 bridgehead atoms. The number of Topliss-reactive ketones (excluding diaryl/α,β-unsaturated/α-hetero) is 1. The molecule has 0 fully saturated rings. The van der Waals surface area contributed by atoms with Gasteiger partial charge in [0, 0.05) is 12.0 Å². The number of ketones is 1. The molecule has 0 saturated heterocycles. The van der Waals surface area contributed by atoms with E-state index in [-0.39, 0.29) is 24.3 Å². The molecule has 1 atom stereocenters. The van der Waals surface area contributed by atoms with Crippen LogP contribution in [0.2, 0.25) is 0 Å². The fraction of sp³-hybridized carbons (Fsp3) is 0.240. The molecule has 0 saturated carbocycles. The van der Waals surface area contributed by atoms with Gasteiger partial charge in [-0.3, -0.25) is 9.59 Å². The summed E-state index contributed by atoms with van der Waals surface area (Å²) in [6.07, 6.45) is 0.578. The largest absolute Gasteiger partial charge is 0.493 e. The summed E-state index contributed by atoms with van der Waals surface area (Å²) in [6, 6.07) is 16.0. The van der Waals surface area contributed by atoms with Gasteiger partial charge in [0.1, 0.15) is 5.75 Å². The number of hydrogen-bond donors (Lipinski definition) is 0. The minimum Gasteiger partial charge on any atom is -0.493 e. The van der Waals surface area contributed by atoms with Gasteiger partial charge in [-0.15, -0.1) is 11.3 Å². The molecule has 2 aromatic carbocycles. The number of nitrogens with zero attached hydrogens (tertiary/aromatic N) is 2. The minimum atomic E-state index is -0.293. The van der Waals surface area contributed by atoms with Crippen molar-refractivity contribution >= 4 is 28.7 Å². The van der Waals surface area contributed by atoms with Crippen LogP contribution in [-0.2, 0) is 4.79 Å². The number of thiophene rings is 1. The van der Waals surface area contributed by atoms with Crippen molar-refractivity contribution in [1.82, 2.24) is 5.01 Å². The fourth-order valence-corrected chi connectivity index (χ4v) is 4.37. The second-order valence-corrected chi connectivity index (χ2v) is 8.41. The number of benzene rings is 2. The van der Waals surface area contributed by atoms with E-state index in [1.807, 2.05) is 35.7 Å². The quantitative estimate of drug-likeness (QED) is 0.451. The van der Waals surface area contributed by atoms with Crippen molar-refractivity contribution in [3.8, 4) is 17.2 Å². The predicted octanol–water partition coefficient (Wildman–Crippen LogP) is 4.72. The average Bonchev–Trinajstić information content (AvgIpc) is 3.52. The van der Waals surface area contributed by atoms with Crippen LogP contribution in [0, 0.1) is 0 Å². The topological polar surface area (TPSA) is 77.4 Å². The molecule has 0 N–H and O–H groups in total. The highest BCUT2D eigenvalue weighted by Gasteiger charge is 2.34. The summed E-state index contributed by atoms with van der Waals surface area (Å²) < 4.78 is 16.5. The number of carbonyl (C=O) groups is 2. The molecule has 1 amide bonds. The Bertz CT molecular complexity index is 1170. The lowest BCUT2D eigenvalue weighted by atomic mass is 10.0. The Balaban J connectivity index is 1.56. The predicted molar refractivity (Wildman–Crippen MR) is 127 cm³/mol. The first-order chi connectivity index (χ1) is 16.0. The molecule has 2 heterocycles. The van der Waals surface area contributed by atoms with Gasteiger partial charge in [0.25, 0.3) is 5.91 Å². The normalized spacial score (nSPS) is 15.2. The third kappa shape index (κ3) is 4.90. The highest BCUT2D eigenvalue weighted by atomic mass is 32.1. The Morgan fingerprint density at radius 2 is 1.82 bits per heavy atom. The number of carbonyl (C=O) groups excluding carboxylic acids is 2. The van der Waals surface area contributed by atoms with Crippen molar-refractivity contribution in [2.45, 2.75) is 19.4 Å². The summed E-state index contributed by atoms with van der Waals surface area (Å²) in [5, 5.41) is 8.12. The van der Waals surface area contributed by atoms with E-state index in [0.29, 0.717) is 29.2 Å². The van der Waals surface area contributed by atoms with E-state index in [0.717, 1.165) is 16.2 Å². The van der Waals surface area contributed by atoms with Crippen LogP contribution in [0.1, 0.15) is 40.2 Å². The van der Waals surface area contributed by atoms with Crippen LogP contribution in [0.5, 0.6) is 17.2 Å². The molecule has 1 aromatic heterocycles. The van der Waals surface area contributed by atoms with Crippen LogP contribution in [0.4, 0.5) is 0 Å². The highest BCUT2D eigenvalue weighted by molar-refractivity contribution is 7.12. The average molecular weight is 465 g/mol. The molecule has 4 rings (SSSR count). The lowest BCUT2D eigenvalue weighted by Crippen LogP contribution is -2.31. The Kier molecular flexibility index (Phi) is 6.74. The molecule has 3 aromatic rings. The second-order valence-electron chi connectivity index (χ2n) is 7.47. The smallest absolute Gasteiger partial charge is 0.281 e. The van der Waals surface area contributed by atoms with E-state index in [4.69, 9.17) is 14.2 Å². The van der Waals surface area contributed by atoms with Crippen molar-refractivity contribution in [2.24, 2.45) is 5.10 Å². The van der Waals surface area contributed by atoms with Crippen LogP contribution >= 0.6 is 11.3 Å². The summed E-state index contributed by atoms with van der Waals surface area (Å²) in [5.41, 5.74) is 2.33. The molecule has 8 heteroatoms. The standard InChI is InChI=1S/C25H24N2O5S/c1-16(28)17-6-9-19(10-7-17)32-15-25(29)27-21(14-20(26-27)24-5-4-12-33-24)18-8-11-22(30-2)23(13-18)31-3/h4-13,21H,14-15H2,1-3H3/t21-/m1/s1. The molecule has 0 aliphatic carbocycles. The summed E-state index contributed by atoms with van der Waals surface area (Å²) in [7, 11) is 3.17. The van der Waals surface area contributed by atoms with Gasteiger partial charge in [0.05, 0.1) is 30.9 Å². The Morgan fingerprint density at radius 1 is 1.06 bits per heavy atom. The minimum absolute atomic E-state index is 0.0251. The van der Waals surface area contributed by atoms with Crippen LogP contribution in [0.3, 0.4) is 0 Å². The van der Waals surface area contributed by atoms with Crippen molar-refractivity contribution in [3.05, 3.63) is 76.0 Å². The van der Waals surface area contributed by atoms with E-state index < -0.39 is 0 Å². The molecule has 33 heavy (non-hydrogen) atoms. The van der Waals surface area contributed by atoms with Gasteiger partial charge >= 0.3 is 0 Å². The third-order valence-electron chi connectivity index (χ3n) is 5.39. The molecule has 1 aliphatic heterocycles. The van der Waals surface area contributed by atoms with E-state index in [9.17, 15) is 9.59 Å². The van der Waals surface area contributed by atoms with E-state index in [1.54, 1.807) is 49.8 Å². The summed E-state index contributed by atoms with van der Waals surface area (Å²) >= 11 is 1.59. The van der Waals surface area contributed by atoms with Gasteiger partial charge < -0.3 is 14.2 Å². The first-order valence-corrected chi connectivity index (χ1v) is 11.3. The van der Waals surface area contributed by atoms with E-state index in [2.05, 4.69) is 5.10 Å². The number of hydrogen-bond acceptors (Lipinski definition) is 7. The summed E-state index contributed by atoms with van der Waals surface area (Å²) in [5.74, 6) is 1.43. The van der Waals surface area contributed by atoms with Gasteiger partial charge in [-0.1, -0.05) is 12.1 Å². The monoisotopic (exact) mass is 464 g/mol. The maximum Gasteiger partial charge on any atom is 0.281 e. The van der Waals surface area contributed by atoms with E-state index in [1.165, 1.54) is 11.9 Å². The highest BCUT2D eigenvalue weighted by Crippen LogP contribution is 2.37. The zero-order valence-electron chi connectivity index (χ0n) is 18.6. The zero-order valence-corrected chi connectivity index (χ0v) is 19.4. The SMILES string of the molecule is COc1ccc([C@H]2CC(c3cccs3)=NN2C(=O)COc2ccc(C(C)=O)cc2)cc1OC. The fourth-order valence-electron chi connectivity index (χ4n) is 3.65. The van der Waals surface area contributed by atoms with Crippen molar-refractivity contribution in [2.75, 3.05) is 20.8 Å². The van der Waals surface area contributed by atoms with Gasteiger partial charge in [0.2, 0.25) is 0 Å². The Hall–Kier alpha value is -3.65. The maximum absolute atomic E-state index is 13.2. The Morgan fingerprint density at radius 3 is 2.45 bits per heavy atom. The van der Waals surface area contributed by atoms with Crippen molar-refractivity contribution in [1.29, 1.82) is 0 Å². The maximum atomic E-state index is 13.2. The number of hydrazone groups is 1. The lowest BCUT2D eigenvalue weighted by molar-refractivity contribution is -0.135. The first kappa shape index (κ1) is 22.5. The third-order valence-corrected chi connectivity index (χ3v) is 6.31. The van der Waals surface area contributed by atoms with Crippen LogP contribution < -0.4 is 14.2 Å². The molecule has 0 radical (unpaired) electrons. The molecular weight excluding hydrogens is 440 g/mol. The molecule has 1 aliphatic rings. The summed E-state index contributed by atoms with van der Waals surface area (Å²) in [4.78, 5) is 25.6. The molecule has 0 unspecified atom stereocenters. The number of amides is 1. The summed E-state index contributed by atoms with van der Waals surface area (Å²) in [6.45, 7) is 1.33. The number of methoxy groups -OCH3 is 2. The van der Waals surface area contributed by atoms with Gasteiger partial charge in [-0.25, -0.2) is 5.01 Å².